The van der Waals surface area contributed by atoms with E-state index in [9.17, 15) is 18.0 Å². The Labute approximate surface area is 91.6 Å². The van der Waals surface area contributed by atoms with E-state index in [1.54, 1.807) is 0 Å². The van der Waals surface area contributed by atoms with Gasteiger partial charge in [0, 0.05) is 5.75 Å². The summed E-state index contributed by atoms with van der Waals surface area (Å²) in [5.41, 5.74) is 0. The molecule has 0 bridgehead atoms. The summed E-state index contributed by atoms with van der Waals surface area (Å²) in [7, 11) is 0. The second kappa shape index (κ2) is 6.98. The average Bonchev–Trinajstić information content (AvgIpc) is 2.07. The van der Waals surface area contributed by atoms with E-state index in [0.29, 0.717) is 6.61 Å². The standard InChI is InChI=1S/C9H15F3O2S/c1-7(2)5-14-8(13)6-15-4-3-9(10,11)12/h7H,3-6H2,1-2H3. The lowest BCUT2D eigenvalue weighted by atomic mass is 10.2. The number of hydrogen-bond acceptors (Lipinski definition) is 3. The maximum atomic E-state index is 11.7. The zero-order valence-electron chi connectivity index (χ0n) is 8.76. The molecule has 0 saturated heterocycles. The molecule has 0 spiro atoms. The molecule has 15 heavy (non-hydrogen) atoms. The largest absolute Gasteiger partial charge is 0.465 e. The van der Waals surface area contributed by atoms with Crippen molar-refractivity contribution < 1.29 is 22.7 Å². The summed E-state index contributed by atoms with van der Waals surface area (Å²) in [6.45, 7) is 4.10. The van der Waals surface area contributed by atoms with Gasteiger partial charge in [0.2, 0.25) is 0 Å². The Morgan fingerprint density at radius 1 is 1.40 bits per heavy atom. The van der Waals surface area contributed by atoms with E-state index in [1.807, 2.05) is 13.8 Å². The summed E-state index contributed by atoms with van der Waals surface area (Å²) in [5, 5.41) is 0. The highest BCUT2D eigenvalue weighted by Gasteiger charge is 2.26. The van der Waals surface area contributed by atoms with Crippen LogP contribution in [-0.4, -0.2) is 30.3 Å². The van der Waals surface area contributed by atoms with Crippen LogP contribution in [0.3, 0.4) is 0 Å². The van der Waals surface area contributed by atoms with Crippen LogP contribution in [0.1, 0.15) is 20.3 Å². The van der Waals surface area contributed by atoms with Crippen LogP contribution in [0.15, 0.2) is 0 Å². The first-order chi connectivity index (χ1) is 6.81. The number of carbonyl (C=O) groups excluding carboxylic acids is 1. The van der Waals surface area contributed by atoms with Crippen LogP contribution in [0.5, 0.6) is 0 Å². The Kier molecular flexibility index (Phi) is 6.80. The maximum Gasteiger partial charge on any atom is 0.389 e. The molecule has 0 aromatic rings. The minimum absolute atomic E-state index is 0.0111. The van der Waals surface area contributed by atoms with Crippen LogP contribution < -0.4 is 0 Å². The number of alkyl halides is 3. The fourth-order valence-corrected chi connectivity index (χ4v) is 1.41. The molecule has 0 fully saturated rings. The Hall–Kier alpha value is -0.390. The van der Waals surface area contributed by atoms with E-state index in [4.69, 9.17) is 4.74 Å². The van der Waals surface area contributed by atoms with Crippen molar-refractivity contribution in [2.75, 3.05) is 18.1 Å². The molecule has 0 N–H and O–H groups in total. The van der Waals surface area contributed by atoms with E-state index < -0.39 is 18.6 Å². The fraction of sp³-hybridized carbons (Fsp3) is 0.889. The molecule has 90 valence electrons. The zero-order chi connectivity index (χ0) is 11.9. The minimum atomic E-state index is -4.14. The summed E-state index contributed by atoms with van der Waals surface area (Å²) in [6, 6.07) is 0. The van der Waals surface area contributed by atoms with Gasteiger partial charge < -0.3 is 4.74 Å². The Morgan fingerprint density at radius 2 is 2.00 bits per heavy atom. The monoisotopic (exact) mass is 244 g/mol. The van der Waals surface area contributed by atoms with Crippen molar-refractivity contribution in [3.05, 3.63) is 0 Å². The summed E-state index contributed by atoms with van der Waals surface area (Å²) in [5.74, 6) is -0.312. The Morgan fingerprint density at radius 3 is 2.47 bits per heavy atom. The number of hydrogen-bond donors (Lipinski definition) is 0. The topological polar surface area (TPSA) is 26.3 Å². The predicted octanol–water partition coefficient (Wildman–Crippen LogP) is 2.87. The third-order valence-electron chi connectivity index (χ3n) is 1.33. The first kappa shape index (κ1) is 14.6. The average molecular weight is 244 g/mol. The summed E-state index contributed by atoms with van der Waals surface area (Å²) in [4.78, 5) is 10.9. The van der Waals surface area contributed by atoms with Gasteiger partial charge in [0.1, 0.15) is 0 Å². The molecule has 0 rings (SSSR count). The van der Waals surface area contributed by atoms with Gasteiger partial charge in [-0.15, -0.1) is 11.8 Å². The molecule has 0 radical (unpaired) electrons. The van der Waals surface area contributed by atoms with Gasteiger partial charge in [0.05, 0.1) is 18.8 Å². The molecule has 0 saturated carbocycles. The van der Waals surface area contributed by atoms with Crippen molar-refractivity contribution in [3.8, 4) is 0 Å². The van der Waals surface area contributed by atoms with Crippen LogP contribution >= 0.6 is 11.8 Å². The maximum absolute atomic E-state index is 11.7. The van der Waals surface area contributed by atoms with Crippen LogP contribution in [0, 0.1) is 5.92 Å². The molecule has 0 unspecified atom stereocenters. The van der Waals surface area contributed by atoms with Gasteiger partial charge in [-0.3, -0.25) is 4.79 Å². The van der Waals surface area contributed by atoms with Crippen LogP contribution in [0.4, 0.5) is 13.2 Å². The third kappa shape index (κ3) is 11.5. The van der Waals surface area contributed by atoms with Gasteiger partial charge >= 0.3 is 12.1 Å². The summed E-state index contributed by atoms with van der Waals surface area (Å²) >= 11 is 0.945. The van der Waals surface area contributed by atoms with E-state index >= 15 is 0 Å². The SMILES string of the molecule is CC(C)COC(=O)CSCCC(F)(F)F. The molecular formula is C9H15F3O2S. The highest BCUT2D eigenvalue weighted by atomic mass is 32.2. The van der Waals surface area contributed by atoms with Crippen LogP contribution in [0.2, 0.25) is 0 Å². The van der Waals surface area contributed by atoms with Crippen molar-refractivity contribution in [1.29, 1.82) is 0 Å². The number of carbonyl (C=O) groups is 1. The minimum Gasteiger partial charge on any atom is -0.465 e. The van der Waals surface area contributed by atoms with Gasteiger partial charge in [-0.05, 0) is 5.92 Å². The molecule has 0 aliphatic rings. The van der Waals surface area contributed by atoms with Gasteiger partial charge in [-0.1, -0.05) is 13.8 Å². The second-order valence-electron chi connectivity index (χ2n) is 3.49. The predicted molar refractivity (Wildman–Crippen MR) is 53.8 cm³/mol. The Balaban J connectivity index is 3.40. The van der Waals surface area contributed by atoms with Crippen molar-refractivity contribution in [2.24, 2.45) is 5.92 Å². The molecule has 6 heteroatoms. The van der Waals surface area contributed by atoms with Crippen molar-refractivity contribution in [2.45, 2.75) is 26.4 Å². The number of rotatable bonds is 6. The normalized spacial score (nSPS) is 11.9. The van der Waals surface area contributed by atoms with E-state index in [0.717, 1.165) is 11.8 Å². The molecule has 0 amide bonds. The smallest absolute Gasteiger partial charge is 0.389 e. The summed E-state index contributed by atoms with van der Waals surface area (Å²) < 4.78 is 39.9. The van der Waals surface area contributed by atoms with Gasteiger partial charge in [-0.2, -0.15) is 13.2 Å². The quantitative estimate of drug-likeness (QED) is 0.531. The summed E-state index contributed by atoms with van der Waals surface area (Å²) in [6.07, 6.45) is -5.01. The van der Waals surface area contributed by atoms with Gasteiger partial charge in [0.15, 0.2) is 0 Å². The molecule has 0 heterocycles. The zero-order valence-corrected chi connectivity index (χ0v) is 9.58. The number of ether oxygens (including phenoxy) is 1. The molecular weight excluding hydrogens is 229 g/mol. The van der Waals surface area contributed by atoms with Gasteiger partial charge in [-0.25, -0.2) is 0 Å². The van der Waals surface area contributed by atoms with Crippen LogP contribution in [0.25, 0.3) is 0 Å². The highest BCUT2D eigenvalue weighted by molar-refractivity contribution is 7.99. The second-order valence-corrected chi connectivity index (χ2v) is 4.60. The lowest BCUT2D eigenvalue weighted by molar-refractivity contribution is -0.141. The molecule has 0 aliphatic heterocycles. The molecule has 0 aliphatic carbocycles. The van der Waals surface area contributed by atoms with E-state index in [-0.39, 0.29) is 17.4 Å². The molecule has 0 aromatic heterocycles. The number of thioether (sulfide) groups is 1. The molecule has 0 atom stereocenters. The highest BCUT2D eigenvalue weighted by Crippen LogP contribution is 2.21. The first-order valence-corrected chi connectivity index (χ1v) is 5.77. The lowest BCUT2D eigenvalue weighted by Crippen LogP contribution is -2.13. The molecule has 0 aromatic carbocycles. The van der Waals surface area contributed by atoms with Crippen molar-refractivity contribution >= 4 is 17.7 Å². The Bertz CT molecular complexity index is 192. The van der Waals surface area contributed by atoms with Crippen molar-refractivity contribution in [1.82, 2.24) is 0 Å². The van der Waals surface area contributed by atoms with Crippen molar-refractivity contribution in [3.63, 3.8) is 0 Å². The fourth-order valence-electron chi connectivity index (χ4n) is 0.645. The van der Waals surface area contributed by atoms with Gasteiger partial charge in [0.25, 0.3) is 0 Å². The lowest BCUT2D eigenvalue weighted by Gasteiger charge is -2.07. The van der Waals surface area contributed by atoms with Crippen LogP contribution in [-0.2, 0) is 9.53 Å². The van der Waals surface area contributed by atoms with E-state index in [1.165, 1.54) is 0 Å². The molecule has 2 nitrogen and oxygen atoms in total. The number of halogens is 3. The third-order valence-corrected chi connectivity index (χ3v) is 2.26. The first-order valence-electron chi connectivity index (χ1n) is 4.61. The van der Waals surface area contributed by atoms with E-state index in [2.05, 4.69) is 0 Å². The number of esters is 1.